The number of ether oxygens (including phenoxy) is 1. The molecular formula is C19H22N2O3. The predicted octanol–water partition coefficient (Wildman–Crippen LogP) is 2.43. The van der Waals surface area contributed by atoms with Gasteiger partial charge in [0.25, 0.3) is 0 Å². The lowest BCUT2D eigenvalue weighted by Crippen LogP contribution is -2.49. The number of hydrogen-bond acceptors (Lipinski definition) is 5. The summed E-state index contributed by atoms with van der Waals surface area (Å²) in [6.07, 6.45) is 0. The molecule has 1 N–H and O–H groups in total. The van der Waals surface area contributed by atoms with Gasteiger partial charge in [-0.25, -0.2) is 4.79 Å². The largest absolute Gasteiger partial charge is 0.508 e. The number of piperazine rings is 1. The lowest BCUT2D eigenvalue weighted by Gasteiger charge is -2.39. The van der Waals surface area contributed by atoms with Gasteiger partial charge in [0.15, 0.2) is 0 Å². The Labute approximate surface area is 142 Å². The van der Waals surface area contributed by atoms with Crippen molar-refractivity contribution >= 4 is 11.7 Å². The van der Waals surface area contributed by atoms with Gasteiger partial charge in [0, 0.05) is 31.9 Å². The molecule has 0 saturated carbocycles. The summed E-state index contributed by atoms with van der Waals surface area (Å²) in [5, 5.41) is 9.41. The Morgan fingerprint density at radius 1 is 1.00 bits per heavy atom. The third kappa shape index (κ3) is 3.51. The highest BCUT2D eigenvalue weighted by Crippen LogP contribution is 2.26. The zero-order valence-corrected chi connectivity index (χ0v) is 13.8. The Kier molecular flexibility index (Phi) is 5.01. The van der Waals surface area contributed by atoms with Crippen LogP contribution >= 0.6 is 0 Å². The van der Waals surface area contributed by atoms with E-state index in [4.69, 9.17) is 4.74 Å². The van der Waals surface area contributed by atoms with E-state index in [2.05, 4.69) is 9.80 Å². The molecule has 1 saturated heterocycles. The van der Waals surface area contributed by atoms with Gasteiger partial charge < -0.3 is 14.7 Å². The van der Waals surface area contributed by atoms with Crippen LogP contribution < -0.4 is 4.90 Å². The number of methoxy groups -OCH3 is 1. The smallest absolute Gasteiger partial charge is 0.327 e. The van der Waals surface area contributed by atoms with Crippen molar-refractivity contribution in [2.75, 3.05) is 38.2 Å². The van der Waals surface area contributed by atoms with Crippen molar-refractivity contribution < 1.29 is 14.6 Å². The number of esters is 1. The maximum Gasteiger partial charge on any atom is 0.327 e. The second kappa shape index (κ2) is 7.36. The normalized spacial score (nSPS) is 16.6. The molecule has 0 bridgehead atoms. The van der Waals surface area contributed by atoms with E-state index >= 15 is 0 Å². The summed E-state index contributed by atoms with van der Waals surface area (Å²) in [4.78, 5) is 16.7. The molecule has 0 amide bonds. The zero-order valence-electron chi connectivity index (χ0n) is 13.8. The van der Waals surface area contributed by atoms with E-state index in [1.54, 1.807) is 12.1 Å². The number of rotatable bonds is 4. The van der Waals surface area contributed by atoms with Crippen molar-refractivity contribution in [1.29, 1.82) is 0 Å². The van der Waals surface area contributed by atoms with Crippen LogP contribution in [0.3, 0.4) is 0 Å². The maximum atomic E-state index is 12.3. The van der Waals surface area contributed by atoms with Gasteiger partial charge in [-0.15, -0.1) is 0 Å². The van der Waals surface area contributed by atoms with Gasteiger partial charge in [0.05, 0.1) is 7.11 Å². The Balaban J connectivity index is 1.71. The summed E-state index contributed by atoms with van der Waals surface area (Å²) in [5.74, 6) is 0.0477. The van der Waals surface area contributed by atoms with E-state index in [0.717, 1.165) is 37.4 Å². The molecule has 24 heavy (non-hydrogen) atoms. The molecule has 0 aromatic heterocycles. The highest BCUT2D eigenvalue weighted by Gasteiger charge is 2.31. The fraction of sp³-hybridized carbons (Fsp3) is 0.316. The van der Waals surface area contributed by atoms with Crippen LogP contribution in [0, 0.1) is 0 Å². The molecule has 0 radical (unpaired) electrons. The lowest BCUT2D eigenvalue weighted by molar-refractivity contribution is -0.147. The van der Waals surface area contributed by atoms with Gasteiger partial charge in [-0.2, -0.15) is 0 Å². The van der Waals surface area contributed by atoms with E-state index in [-0.39, 0.29) is 17.8 Å². The number of phenols is 1. The Bertz CT molecular complexity index is 665. The van der Waals surface area contributed by atoms with Gasteiger partial charge in [0.1, 0.15) is 11.8 Å². The van der Waals surface area contributed by atoms with Crippen LogP contribution in [0.4, 0.5) is 5.69 Å². The summed E-state index contributed by atoms with van der Waals surface area (Å²) in [6.45, 7) is 3.20. The summed E-state index contributed by atoms with van der Waals surface area (Å²) in [6, 6.07) is 16.6. The first-order valence-corrected chi connectivity index (χ1v) is 8.10. The van der Waals surface area contributed by atoms with Crippen molar-refractivity contribution in [3.8, 4) is 5.75 Å². The minimum atomic E-state index is -0.363. The molecule has 3 rings (SSSR count). The van der Waals surface area contributed by atoms with Crippen LogP contribution in [-0.2, 0) is 9.53 Å². The van der Waals surface area contributed by atoms with E-state index in [1.165, 1.54) is 7.11 Å². The zero-order chi connectivity index (χ0) is 16.9. The van der Waals surface area contributed by atoms with Crippen LogP contribution in [0.5, 0.6) is 5.75 Å². The number of phenolic OH excluding ortho intramolecular Hbond substituents is 1. The SMILES string of the molecule is COC(=O)C(c1ccccc1)N1CCN(c2ccc(O)cc2)CC1. The number of nitrogens with zero attached hydrogens (tertiary/aromatic N) is 2. The number of aromatic hydroxyl groups is 1. The Morgan fingerprint density at radius 3 is 2.21 bits per heavy atom. The third-order valence-corrected chi connectivity index (χ3v) is 4.43. The second-order valence-corrected chi connectivity index (χ2v) is 5.88. The average Bonchev–Trinajstić information content (AvgIpc) is 2.64. The second-order valence-electron chi connectivity index (χ2n) is 5.88. The number of anilines is 1. The van der Waals surface area contributed by atoms with E-state index in [1.807, 2.05) is 42.5 Å². The number of carbonyl (C=O) groups is 1. The van der Waals surface area contributed by atoms with Crippen molar-refractivity contribution in [1.82, 2.24) is 4.90 Å². The number of hydrogen-bond donors (Lipinski definition) is 1. The monoisotopic (exact) mass is 326 g/mol. The fourth-order valence-corrected chi connectivity index (χ4v) is 3.14. The topological polar surface area (TPSA) is 53.0 Å². The molecule has 126 valence electrons. The standard InChI is InChI=1S/C19H22N2O3/c1-24-19(23)18(15-5-3-2-4-6-15)21-13-11-20(12-14-21)16-7-9-17(22)10-8-16/h2-10,18,22H,11-14H2,1H3. The van der Waals surface area contributed by atoms with Gasteiger partial charge in [-0.3, -0.25) is 4.90 Å². The van der Waals surface area contributed by atoms with E-state index in [9.17, 15) is 9.90 Å². The summed E-state index contributed by atoms with van der Waals surface area (Å²) >= 11 is 0. The molecule has 5 nitrogen and oxygen atoms in total. The molecule has 1 unspecified atom stereocenters. The highest BCUT2D eigenvalue weighted by atomic mass is 16.5. The molecular weight excluding hydrogens is 304 g/mol. The van der Waals surface area contributed by atoms with Gasteiger partial charge in [-0.05, 0) is 29.8 Å². The first-order chi connectivity index (χ1) is 11.7. The molecule has 1 atom stereocenters. The van der Waals surface area contributed by atoms with Crippen LogP contribution in [0.25, 0.3) is 0 Å². The van der Waals surface area contributed by atoms with Gasteiger partial charge >= 0.3 is 5.97 Å². The summed E-state index contributed by atoms with van der Waals surface area (Å²) < 4.78 is 5.02. The molecule has 2 aromatic carbocycles. The molecule has 1 heterocycles. The highest BCUT2D eigenvalue weighted by molar-refractivity contribution is 5.77. The summed E-state index contributed by atoms with van der Waals surface area (Å²) in [7, 11) is 1.44. The maximum absolute atomic E-state index is 12.3. The molecule has 1 aliphatic rings. The first kappa shape index (κ1) is 16.3. The van der Waals surface area contributed by atoms with Crippen LogP contribution in [0.15, 0.2) is 54.6 Å². The van der Waals surface area contributed by atoms with Crippen molar-refractivity contribution in [2.45, 2.75) is 6.04 Å². The van der Waals surface area contributed by atoms with Gasteiger partial charge in [-0.1, -0.05) is 30.3 Å². The Hall–Kier alpha value is -2.53. The fourth-order valence-electron chi connectivity index (χ4n) is 3.14. The van der Waals surface area contributed by atoms with Crippen molar-refractivity contribution in [2.24, 2.45) is 0 Å². The Morgan fingerprint density at radius 2 is 1.62 bits per heavy atom. The third-order valence-electron chi connectivity index (χ3n) is 4.43. The minimum absolute atomic E-state index is 0.223. The van der Waals surface area contributed by atoms with Crippen LogP contribution in [0.2, 0.25) is 0 Å². The van der Waals surface area contributed by atoms with Gasteiger partial charge in [0.2, 0.25) is 0 Å². The molecule has 0 aliphatic carbocycles. The predicted molar refractivity (Wildman–Crippen MR) is 93.1 cm³/mol. The average molecular weight is 326 g/mol. The molecule has 2 aromatic rings. The minimum Gasteiger partial charge on any atom is -0.508 e. The lowest BCUT2D eigenvalue weighted by atomic mass is 10.0. The molecule has 5 heteroatoms. The molecule has 1 fully saturated rings. The number of benzene rings is 2. The molecule has 1 aliphatic heterocycles. The number of carbonyl (C=O) groups excluding carboxylic acids is 1. The van der Waals surface area contributed by atoms with Crippen molar-refractivity contribution in [3.63, 3.8) is 0 Å². The first-order valence-electron chi connectivity index (χ1n) is 8.10. The van der Waals surface area contributed by atoms with Crippen molar-refractivity contribution in [3.05, 3.63) is 60.2 Å². The quantitative estimate of drug-likeness (QED) is 0.875. The van der Waals surface area contributed by atoms with E-state index in [0.29, 0.717) is 0 Å². The van der Waals surface area contributed by atoms with Crippen LogP contribution in [0.1, 0.15) is 11.6 Å². The van der Waals surface area contributed by atoms with E-state index < -0.39 is 0 Å². The molecule has 0 spiro atoms. The van der Waals surface area contributed by atoms with Crippen LogP contribution in [-0.4, -0.2) is 49.3 Å². The summed E-state index contributed by atoms with van der Waals surface area (Å²) in [5.41, 5.74) is 2.05.